The van der Waals surface area contributed by atoms with Crippen molar-refractivity contribution in [2.24, 2.45) is 0 Å². The highest BCUT2D eigenvalue weighted by Gasteiger charge is 2.49. The number of urea groups is 1. The normalized spacial score (nSPS) is 18.2. The highest BCUT2D eigenvalue weighted by atomic mass is 32.2. The van der Waals surface area contributed by atoms with Gasteiger partial charge in [-0.05, 0) is 48.9 Å². The summed E-state index contributed by atoms with van der Waals surface area (Å²) >= 11 is 0. The first-order chi connectivity index (χ1) is 16.1. The maximum atomic E-state index is 13.0. The molecule has 182 valence electrons. The third-order valence-corrected chi connectivity index (χ3v) is 7.79. The first-order valence-corrected chi connectivity index (χ1v) is 12.2. The van der Waals surface area contributed by atoms with Gasteiger partial charge in [0, 0.05) is 18.8 Å². The largest absolute Gasteiger partial charge is 0.497 e. The van der Waals surface area contributed by atoms with Gasteiger partial charge in [0.25, 0.3) is 5.91 Å². The zero-order valence-corrected chi connectivity index (χ0v) is 20.3. The number of nitrogens with zero attached hydrogens (tertiary/aromatic N) is 2. The monoisotopic (exact) mass is 488 g/mol. The van der Waals surface area contributed by atoms with Crippen LogP contribution in [0.5, 0.6) is 5.75 Å². The molecule has 11 heteroatoms. The molecule has 1 saturated heterocycles. The van der Waals surface area contributed by atoms with Crippen molar-refractivity contribution in [1.82, 2.24) is 14.5 Å². The number of carbonyl (C=O) groups excluding carboxylic acids is 3. The summed E-state index contributed by atoms with van der Waals surface area (Å²) in [6.07, 6.45) is 0. The smallest absolute Gasteiger partial charge is 0.325 e. The summed E-state index contributed by atoms with van der Waals surface area (Å²) in [6.45, 7) is 5.28. The number of hydrogen-bond acceptors (Lipinski definition) is 6. The second-order valence-corrected chi connectivity index (χ2v) is 9.77. The average Bonchev–Trinajstić information content (AvgIpc) is 3.04. The first kappa shape index (κ1) is 25.2. The number of sulfonamides is 1. The Bertz CT molecular complexity index is 1180. The Hall–Kier alpha value is -3.44. The van der Waals surface area contributed by atoms with Gasteiger partial charge >= 0.3 is 6.03 Å². The Labute approximate surface area is 198 Å². The van der Waals surface area contributed by atoms with Gasteiger partial charge in [0.1, 0.15) is 17.8 Å². The molecule has 0 spiro atoms. The van der Waals surface area contributed by atoms with Crippen molar-refractivity contribution < 1.29 is 27.5 Å². The maximum absolute atomic E-state index is 13.0. The number of rotatable bonds is 9. The standard InChI is InChI=1S/C23H28N4O6S/c1-5-26(6-2)34(31,32)19-13-9-17(10-14-19)24-20(28)15-27-21(29)23(3,25-22(27)30)16-7-11-18(33-4)12-8-16/h7-14H,5-6,15H2,1-4H3,(H,24,28)(H,25,30). The maximum Gasteiger partial charge on any atom is 0.325 e. The van der Waals surface area contributed by atoms with Crippen molar-refractivity contribution in [2.45, 2.75) is 31.2 Å². The average molecular weight is 489 g/mol. The van der Waals surface area contributed by atoms with E-state index in [-0.39, 0.29) is 4.90 Å². The van der Waals surface area contributed by atoms with E-state index in [2.05, 4.69) is 10.6 Å². The number of hydrogen-bond donors (Lipinski definition) is 2. The van der Waals surface area contributed by atoms with E-state index in [1.165, 1.54) is 35.7 Å². The predicted molar refractivity (Wildman–Crippen MR) is 126 cm³/mol. The molecule has 0 saturated carbocycles. The van der Waals surface area contributed by atoms with Crippen LogP contribution in [-0.4, -0.2) is 62.2 Å². The minimum atomic E-state index is -3.62. The molecule has 1 heterocycles. The molecule has 10 nitrogen and oxygen atoms in total. The van der Waals surface area contributed by atoms with Crippen molar-refractivity contribution in [3.63, 3.8) is 0 Å². The van der Waals surface area contributed by atoms with Crippen molar-refractivity contribution in [2.75, 3.05) is 32.1 Å². The first-order valence-electron chi connectivity index (χ1n) is 10.8. The molecule has 1 unspecified atom stereocenters. The summed E-state index contributed by atoms with van der Waals surface area (Å²) in [5.74, 6) is -0.545. The van der Waals surface area contributed by atoms with E-state index in [1.807, 2.05) is 0 Å². The molecule has 0 radical (unpaired) electrons. The zero-order chi connectivity index (χ0) is 25.1. The highest BCUT2D eigenvalue weighted by Crippen LogP contribution is 2.30. The number of benzene rings is 2. The van der Waals surface area contributed by atoms with E-state index >= 15 is 0 Å². The predicted octanol–water partition coefficient (Wildman–Crippen LogP) is 2.13. The van der Waals surface area contributed by atoms with E-state index in [0.717, 1.165) is 4.90 Å². The topological polar surface area (TPSA) is 125 Å². The highest BCUT2D eigenvalue weighted by molar-refractivity contribution is 7.89. The Kier molecular flexibility index (Phi) is 7.27. The molecule has 2 aromatic carbocycles. The molecule has 0 aliphatic carbocycles. The molecule has 1 fully saturated rings. The van der Waals surface area contributed by atoms with Gasteiger partial charge < -0.3 is 15.4 Å². The van der Waals surface area contributed by atoms with Crippen LogP contribution in [-0.2, 0) is 25.2 Å². The van der Waals surface area contributed by atoms with E-state index in [4.69, 9.17) is 4.74 Å². The minimum Gasteiger partial charge on any atom is -0.497 e. The summed E-state index contributed by atoms with van der Waals surface area (Å²) in [5, 5.41) is 5.23. The molecule has 3 rings (SSSR count). The van der Waals surface area contributed by atoms with Crippen LogP contribution >= 0.6 is 0 Å². The van der Waals surface area contributed by atoms with E-state index < -0.39 is 40.0 Å². The number of amides is 4. The van der Waals surface area contributed by atoms with Crippen LogP contribution in [0.1, 0.15) is 26.3 Å². The van der Waals surface area contributed by atoms with Gasteiger partial charge in [-0.15, -0.1) is 0 Å². The van der Waals surface area contributed by atoms with Gasteiger partial charge in [-0.3, -0.25) is 14.5 Å². The molecule has 0 bridgehead atoms. The molecule has 4 amide bonds. The van der Waals surface area contributed by atoms with Gasteiger partial charge in [-0.1, -0.05) is 26.0 Å². The summed E-state index contributed by atoms with van der Waals surface area (Å²) in [7, 11) is -2.09. The summed E-state index contributed by atoms with van der Waals surface area (Å²) < 4.78 is 31.6. The van der Waals surface area contributed by atoms with Gasteiger partial charge in [-0.25, -0.2) is 13.2 Å². The molecule has 0 aromatic heterocycles. The minimum absolute atomic E-state index is 0.110. The zero-order valence-electron chi connectivity index (χ0n) is 19.5. The summed E-state index contributed by atoms with van der Waals surface area (Å²) in [4.78, 5) is 39.0. The lowest BCUT2D eigenvalue weighted by Crippen LogP contribution is -2.42. The van der Waals surface area contributed by atoms with Gasteiger partial charge in [-0.2, -0.15) is 4.31 Å². The second kappa shape index (κ2) is 9.82. The van der Waals surface area contributed by atoms with Gasteiger partial charge in [0.05, 0.1) is 12.0 Å². The molecule has 2 N–H and O–H groups in total. The number of carbonyl (C=O) groups is 3. The molecule has 34 heavy (non-hydrogen) atoms. The Morgan fingerprint density at radius 2 is 1.65 bits per heavy atom. The molecule has 1 atom stereocenters. The van der Waals surface area contributed by atoms with Crippen LogP contribution in [0.25, 0.3) is 0 Å². The number of nitrogens with one attached hydrogen (secondary N) is 2. The van der Waals surface area contributed by atoms with Crippen LogP contribution in [0.2, 0.25) is 0 Å². The SMILES string of the molecule is CCN(CC)S(=O)(=O)c1ccc(NC(=O)CN2C(=O)NC(C)(c3ccc(OC)cc3)C2=O)cc1. The lowest BCUT2D eigenvalue weighted by atomic mass is 9.92. The van der Waals surface area contributed by atoms with Crippen LogP contribution in [0, 0.1) is 0 Å². The number of imide groups is 1. The van der Waals surface area contributed by atoms with Crippen molar-refractivity contribution in [1.29, 1.82) is 0 Å². The quantitative estimate of drug-likeness (QED) is 0.521. The fraction of sp³-hybridized carbons (Fsp3) is 0.348. The molecular weight excluding hydrogens is 460 g/mol. The van der Waals surface area contributed by atoms with E-state index in [0.29, 0.717) is 30.1 Å². The van der Waals surface area contributed by atoms with Crippen LogP contribution < -0.4 is 15.4 Å². The van der Waals surface area contributed by atoms with Crippen molar-refractivity contribution in [3.05, 3.63) is 54.1 Å². The third-order valence-electron chi connectivity index (χ3n) is 5.73. The number of anilines is 1. The van der Waals surface area contributed by atoms with Crippen LogP contribution in [0.4, 0.5) is 10.5 Å². The van der Waals surface area contributed by atoms with Crippen LogP contribution in [0.15, 0.2) is 53.4 Å². The van der Waals surface area contributed by atoms with E-state index in [1.54, 1.807) is 45.0 Å². The van der Waals surface area contributed by atoms with Crippen LogP contribution in [0.3, 0.4) is 0 Å². The van der Waals surface area contributed by atoms with Gasteiger partial charge in [0.15, 0.2) is 0 Å². The fourth-order valence-electron chi connectivity index (χ4n) is 3.73. The van der Waals surface area contributed by atoms with Gasteiger partial charge in [0.2, 0.25) is 15.9 Å². The van der Waals surface area contributed by atoms with Crippen molar-refractivity contribution in [3.8, 4) is 5.75 Å². The summed E-state index contributed by atoms with van der Waals surface area (Å²) in [5.41, 5.74) is -0.419. The molecule has 1 aliphatic heterocycles. The number of methoxy groups -OCH3 is 1. The second-order valence-electron chi connectivity index (χ2n) is 7.84. The van der Waals surface area contributed by atoms with Crippen molar-refractivity contribution >= 4 is 33.6 Å². The lowest BCUT2D eigenvalue weighted by Gasteiger charge is -2.22. The molecule has 2 aromatic rings. The van der Waals surface area contributed by atoms with E-state index in [9.17, 15) is 22.8 Å². The lowest BCUT2D eigenvalue weighted by molar-refractivity contribution is -0.133. The Morgan fingerprint density at radius 1 is 1.06 bits per heavy atom. The molecule has 1 aliphatic rings. The Balaban J connectivity index is 1.69. The Morgan fingerprint density at radius 3 is 2.18 bits per heavy atom. The number of ether oxygens (including phenoxy) is 1. The molecular formula is C23H28N4O6S. The third kappa shape index (κ3) is 4.75. The fourth-order valence-corrected chi connectivity index (χ4v) is 5.19. The summed E-state index contributed by atoms with van der Waals surface area (Å²) in [6, 6.07) is 11.7.